The lowest BCUT2D eigenvalue weighted by molar-refractivity contribution is -0.142. The molecule has 126 valence electrons. The molecule has 6 nitrogen and oxygen atoms in total. The predicted octanol–water partition coefficient (Wildman–Crippen LogP) is 2.01. The summed E-state index contributed by atoms with van der Waals surface area (Å²) in [5.74, 6) is -0.513. The van der Waals surface area contributed by atoms with Crippen LogP contribution < -0.4 is 5.32 Å². The van der Waals surface area contributed by atoms with Gasteiger partial charge in [-0.25, -0.2) is 0 Å². The highest BCUT2D eigenvalue weighted by molar-refractivity contribution is 5.93. The van der Waals surface area contributed by atoms with E-state index in [0.29, 0.717) is 5.69 Å². The van der Waals surface area contributed by atoms with E-state index in [1.54, 1.807) is 17.8 Å². The van der Waals surface area contributed by atoms with Crippen LogP contribution in [0.3, 0.4) is 0 Å². The van der Waals surface area contributed by atoms with Gasteiger partial charge in [0.1, 0.15) is 5.69 Å². The Kier molecular flexibility index (Phi) is 4.38. The van der Waals surface area contributed by atoms with E-state index in [1.807, 2.05) is 37.3 Å². The zero-order valence-electron chi connectivity index (χ0n) is 14.0. The van der Waals surface area contributed by atoms with Crippen LogP contribution in [0, 0.1) is 18.8 Å². The first-order valence-electron chi connectivity index (χ1n) is 7.95. The largest absolute Gasteiger partial charge is 0.469 e. The van der Waals surface area contributed by atoms with Gasteiger partial charge in [-0.05, 0) is 30.9 Å². The zero-order chi connectivity index (χ0) is 17.3. The average Bonchev–Trinajstić information content (AvgIpc) is 3.30. The van der Waals surface area contributed by atoms with E-state index in [4.69, 9.17) is 4.74 Å². The van der Waals surface area contributed by atoms with E-state index in [1.165, 1.54) is 7.11 Å². The molecule has 0 saturated heterocycles. The Labute approximate surface area is 140 Å². The summed E-state index contributed by atoms with van der Waals surface area (Å²) in [6.07, 6.45) is 0.719. The summed E-state index contributed by atoms with van der Waals surface area (Å²) in [4.78, 5) is 24.4. The molecule has 1 aliphatic rings. The van der Waals surface area contributed by atoms with Gasteiger partial charge < -0.3 is 10.1 Å². The highest BCUT2D eigenvalue weighted by Crippen LogP contribution is 2.48. The van der Waals surface area contributed by atoms with E-state index < -0.39 is 0 Å². The molecular formula is C18H21N3O3. The lowest BCUT2D eigenvalue weighted by Gasteiger charge is -2.19. The smallest absolute Gasteiger partial charge is 0.309 e. The van der Waals surface area contributed by atoms with Crippen molar-refractivity contribution in [3.05, 3.63) is 53.3 Å². The molecule has 1 fully saturated rings. The van der Waals surface area contributed by atoms with Crippen LogP contribution in [0.1, 0.15) is 34.2 Å². The molecule has 0 bridgehead atoms. The second kappa shape index (κ2) is 6.47. The molecule has 0 radical (unpaired) electrons. The number of hydrogen-bond donors (Lipinski definition) is 1. The lowest BCUT2D eigenvalue weighted by Crippen LogP contribution is -2.32. The van der Waals surface area contributed by atoms with Gasteiger partial charge in [0.15, 0.2) is 0 Å². The summed E-state index contributed by atoms with van der Waals surface area (Å²) < 4.78 is 6.40. The summed E-state index contributed by atoms with van der Waals surface area (Å²) >= 11 is 0. The van der Waals surface area contributed by atoms with Crippen LogP contribution >= 0.6 is 0 Å². The second-order valence-electron chi connectivity index (χ2n) is 6.19. The maximum Gasteiger partial charge on any atom is 0.309 e. The number of amides is 1. The quantitative estimate of drug-likeness (QED) is 0.853. The minimum atomic E-state index is -0.224. The van der Waals surface area contributed by atoms with Crippen LogP contribution in [0.25, 0.3) is 0 Å². The highest BCUT2D eigenvalue weighted by atomic mass is 16.5. The van der Waals surface area contributed by atoms with E-state index >= 15 is 0 Å². The number of carbonyl (C=O) groups is 2. The van der Waals surface area contributed by atoms with Crippen LogP contribution in [0.4, 0.5) is 0 Å². The monoisotopic (exact) mass is 327 g/mol. The lowest BCUT2D eigenvalue weighted by atomic mass is 10.0. The van der Waals surface area contributed by atoms with Crippen molar-refractivity contribution >= 4 is 11.9 Å². The minimum absolute atomic E-state index is 0.0538. The second-order valence-corrected chi connectivity index (χ2v) is 6.19. The number of esters is 1. The third-order valence-corrected chi connectivity index (χ3v) is 4.45. The first-order chi connectivity index (χ1) is 11.5. The third-order valence-electron chi connectivity index (χ3n) is 4.45. The van der Waals surface area contributed by atoms with Gasteiger partial charge in [-0.3, -0.25) is 14.3 Å². The van der Waals surface area contributed by atoms with Gasteiger partial charge in [-0.15, -0.1) is 0 Å². The molecule has 0 spiro atoms. The Balaban J connectivity index is 1.82. The maximum absolute atomic E-state index is 12.7. The first-order valence-corrected chi connectivity index (χ1v) is 7.95. The first kappa shape index (κ1) is 16.2. The molecule has 0 aliphatic heterocycles. The van der Waals surface area contributed by atoms with Gasteiger partial charge in [0.2, 0.25) is 0 Å². The minimum Gasteiger partial charge on any atom is -0.469 e. The fourth-order valence-corrected chi connectivity index (χ4v) is 3.14. The number of aromatic nitrogens is 2. The Bertz CT molecular complexity index is 754. The van der Waals surface area contributed by atoms with E-state index in [9.17, 15) is 9.59 Å². The summed E-state index contributed by atoms with van der Waals surface area (Å²) in [5, 5.41) is 7.28. The number of hydrogen-bond acceptors (Lipinski definition) is 4. The molecule has 1 saturated carbocycles. The summed E-state index contributed by atoms with van der Waals surface area (Å²) in [6.45, 7) is 1.85. The summed E-state index contributed by atoms with van der Waals surface area (Å²) in [6, 6.07) is 11.2. The van der Waals surface area contributed by atoms with Gasteiger partial charge in [0.05, 0.1) is 24.8 Å². The molecule has 3 atom stereocenters. The normalized spacial score (nSPS) is 20.3. The van der Waals surface area contributed by atoms with Crippen molar-refractivity contribution in [3.63, 3.8) is 0 Å². The van der Waals surface area contributed by atoms with E-state index in [0.717, 1.165) is 17.7 Å². The highest BCUT2D eigenvalue weighted by Gasteiger charge is 2.49. The molecule has 1 heterocycles. The van der Waals surface area contributed by atoms with Crippen LogP contribution in [-0.2, 0) is 16.6 Å². The van der Waals surface area contributed by atoms with Crippen molar-refractivity contribution in [2.45, 2.75) is 19.4 Å². The zero-order valence-corrected chi connectivity index (χ0v) is 14.0. The standard InChI is InChI=1S/C18H21N3O3/c1-11-9-15(21(2)20-11)17(22)19-16(12-7-5-4-6-8-12)13-10-14(13)18(23)24-3/h4-9,13-14,16H,10H2,1-3H3,(H,19,22)/t13-,14+,16-/m1/s1. The Morgan fingerprint density at radius 1 is 1.33 bits per heavy atom. The Morgan fingerprint density at radius 3 is 2.62 bits per heavy atom. The molecule has 1 amide bonds. The van der Waals surface area contributed by atoms with Crippen molar-refractivity contribution in [2.24, 2.45) is 18.9 Å². The maximum atomic E-state index is 12.7. The van der Waals surface area contributed by atoms with Crippen LogP contribution in [0.5, 0.6) is 0 Å². The molecule has 0 unspecified atom stereocenters. The number of methoxy groups -OCH3 is 1. The fraction of sp³-hybridized carbons (Fsp3) is 0.389. The number of nitrogens with one attached hydrogen (secondary N) is 1. The number of nitrogens with zero attached hydrogens (tertiary/aromatic N) is 2. The van der Waals surface area contributed by atoms with E-state index in [2.05, 4.69) is 10.4 Å². The summed E-state index contributed by atoms with van der Waals surface area (Å²) in [7, 11) is 3.14. The molecule has 2 aromatic rings. The van der Waals surface area contributed by atoms with Gasteiger partial charge >= 0.3 is 5.97 Å². The average molecular weight is 327 g/mol. The number of rotatable bonds is 5. The molecule has 1 aromatic carbocycles. The van der Waals surface area contributed by atoms with Crippen molar-refractivity contribution < 1.29 is 14.3 Å². The molecule has 24 heavy (non-hydrogen) atoms. The fourth-order valence-electron chi connectivity index (χ4n) is 3.14. The van der Waals surface area contributed by atoms with Gasteiger partial charge in [0, 0.05) is 7.05 Å². The third kappa shape index (κ3) is 3.18. The molecule has 1 aliphatic carbocycles. The molecule has 3 rings (SSSR count). The van der Waals surface area contributed by atoms with Crippen LogP contribution in [0.2, 0.25) is 0 Å². The SMILES string of the molecule is COC(=O)[C@H]1C[C@H]1[C@H](NC(=O)c1cc(C)nn1C)c1ccccc1. The van der Waals surface area contributed by atoms with Gasteiger partial charge in [0.25, 0.3) is 5.91 Å². The van der Waals surface area contributed by atoms with Crippen LogP contribution in [0.15, 0.2) is 36.4 Å². The van der Waals surface area contributed by atoms with Crippen molar-refractivity contribution in [3.8, 4) is 0 Å². The predicted molar refractivity (Wildman–Crippen MR) is 88.2 cm³/mol. The van der Waals surface area contributed by atoms with E-state index in [-0.39, 0.29) is 29.8 Å². The van der Waals surface area contributed by atoms with Gasteiger partial charge in [-0.2, -0.15) is 5.10 Å². The summed E-state index contributed by atoms with van der Waals surface area (Å²) in [5.41, 5.74) is 2.28. The Morgan fingerprint density at radius 2 is 2.04 bits per heavy atom. The molecule has 6 heteroatoms. The number of aryl methyl sites for hydroxylation is 2. The van der Waals surface area contributed by atoms with Crippen molar-refractivity contribution in [2.75, 3.05) is 7.11 Å². The molecule has 1 aromatic heterocycles. The van der Waals surface area contributed by atoms with Crippen molar-refractivity contribution in [1.82, 2.24) is 15.1 Å². The van der Waals surface area contributed by atoms with Crippen molar-refractivity contribution in [1.29, 1.82) is 0 Å². The number of ether oxygens (including phenoxy) is 1. The topological polar surface area (TPSA) is 73.2 Å². The van der Waals surface area contributed by atoms with Crippen LogP contribution in [-0.4, -0.2) is 28.8 Å². The molecular weight excluding hydrogens is 306 g/mol. The number of carbonyl (C=O) groups excluding carboxylic acids is 2. The Hall–Kier alpha value is -2.63. The van der Waals surface area contributed by atoms with Gasteiger partial charge in [-0.1, -0.05) is 30.3 Å². The molecule has 1 N–H and O–H groups in total. The number of benzene rings is 1.